The van der Waals surface area contributed by atoms with Crippen LogP contribution in [0.5, 0.6) is 0 Å². The Labute approximate surface area is 108 Å². The van der Waals surface area contributed by atoms with Gasteiger partial charge in [-0.1, -0.05) is 25.1 Å². The Morgan fingerprint density at radius 1 is 1.39 bits per heavy atom. The lowest BCUT2D eigenvalue weighted by molar-refractivity contribution is 0.0716. The normalized spacial score (nSPS) is 19.1. The van der Waals surface area contributed by atoms with Crippen LogP contribution in [0.15, 0.2) is 24.3 Å². The van der Waals surface area contributed by atoms with Crippen LogP contribution in [0.3, 0.4) is 0 Å². The highest BCUT2D eigenvalue weighted by Crippen LogP contribution is 2.22. The molecule has 2 rings (SSSR count). The summed E-state index contributed by atoms with van der Waals surface area (Å²) in [5, 5.41) is 3.30. The number of benzene rings is 1. The summed E-state index contributed by atoms with van der Waals surface area (Å²) in [6, 6.07) is 8.12. The molecular weight excluding hydrogens is 250 g/mol. The molecule has 0 aromatic heterocycles. The van der Waals surface area contributed by atoms with Crippen LogP contribution in [-0.4, -0.2) is 39.2 Å². The minimum absolute atomic E-state index is 0.0620. The zero-order valence-corrected chi connectivity index (χ0v) is 11.4. The number of sulfone groups is 1. The van der Waals surface area contributed by atoms with E-state index in [0.717, 1.165) is 18.7 Å². The van der Waals surface area contributed by atoms with Crippen molar-refractivity contribution in [2.45, 2.75) is 19.4 Å². The number of ether oxygens (including phenoxy) is 1. The number of hydrogen-bond acceptors (Lipinski definition) is 4. The lowest BCUT2D eigenvalue weighted by atomic mass is 10.0. The van der Waals surface area contributed by atoms with Gasteiger partial charge in [-0.15, -0.1) is 0 Å². The molecule has 1 aliphatic rings. The minimum Gasteiger partial charge on any atom is -0.382 e. The van der Waals surface area contributed by atoms with Crippen LogP contribution < -0.4 is 5.32 Å². The summed E-state index contributed by atoms with van der Waals surface area (Å²) in [7, 11) is -2.93. The number of rotatable bonds is 5. The first-order valence-corrected chi connectivity index (χ1v) is 8.06. The smallest absolute Gasteiger partial charge is 0.152 e. The van der Waals surface area contributed by atoms with Gasteiger partial charge in [-0.25, -0.2) is 8.42 Å². The molecule has 0 fully saturated rings. The molecule has 0 radical (unpaired) electrons. The maximum Gasteiger partial charge on any atom is 0.152 e. The molecule has 1 N–H and O–H groups in total. The maximum atomic E-state index is 11.3. The average Bonchev–Trinajstić information content (AvgIpc) is 2.38. The molecule has 1 aliphatic heterocycles. The molecular formula is C13H19NO3S. The molecule has 18 heavy (non-hydrogen) atoms. The van der Waals surface area contributed by atoms with E-state index in [1.807, 2.05) is 18.2 Å². The molecule has 100 valence electrons. The zero-order chi connectivity index (χ0) is 13.0. The summed E-state index contributed by atoms with van der Waals surface area (Å²) in [4.78, 5) is 0. The third-order valence-electron chi connectivity index (χ3n) is 3.17. The van der Waals surface area contributed by atoms with Crippen molar-refractivity contribution in [3.63, 3.8) is 0 Å². The predicted molar refractivity (Wildman–Crippen MR) is 72.7 cm³/mol. The van der Waals surface area contributed by atoms with Crippen LogP contribution in [-0.2, 0) is 21.0 Å². The second kappa shape index (κ2) is 5.71. The molecule has 1 heterocycles. The molecule has 0 spiro atoms. The molecule has 4 nitrogen and oxygen atoms in total. The van der Waals surface area contributed by atoms with Crippen LogP contribution in [0.2, 0.25) is 0 Å². The van der Waals surface area contributed by atoms with Gasteiger partial charge in [-0.3, -0.25) is 0 Å². The number of hydrogen-bond donors (Lipinski definition) is 1. The van der Waals surface area contributed by atoms with Crippen LogP contribution in [0, 0.1) is 0 Å². The molecule has 1 aromatic rings. The fourth-order valence-electron chi connectivity index (χ4n) is 2.02. The summed E-state index contributed by atoms with van der Waals surface area (Å²) in [5.41, 5.74) is 2.38. The highest BCUT2D eigenvalue weighted by molar-refractivity contribution is 7.91. The molecule has 1 unspecified atom stereocenters. The Kier molecular flexibility index (Phi) is 4.24. The van der Waals surface area contributed by atoms with E-state index in [-0.39, 0.29) is 24.2 Å². The van der Waals surface area contributed by atoms with Crippen molar-refractivity contribution in [1.82, 2.24) is 0 Å². The van der Waals surface area contributed by atoms with Crippen LogP contribution in [0.1, 0.15) is 12.5 Å². The van der Waals surface area contributed by atoms with E-state index >= 15 is 0 Å². The highest BCUT2D eigenvalue weighted by Gasteiger charge is 2.18. The van der Waals surface area contributed by atoms with E-state index in [9.17, 15) is 8.42 Å². The van der Waals surface area contributed by atoms with Gasteiger partial charge in [0, 0.05) is 24.4 Å². The Morgan fingerprint density at radius 3 is 2.94 bits per heavy atom. The Hall–Kier alpha value is -1.07. The minimum atomic E-state index is -2.93. The van der Waals surface area contributed by atoms with E-state index in [1.54, 1.807) is 6.92 Å². The van der Waals surface area contributed by atoms with Gasteiger partial charge in [0.15, 0.2) is 9.84 Å². The van der Waals surface area contributed by atoms with Crippen molar-refractivity contribution in [1.29, 1.82) is 0 Å². The Balaban J connectivity index is 1.84. The average molecular weight is 269 g/mol. The molecule has 0 aliphatic carbocycles. The van der Waals surface area contributed by atoms with Gasteiger partial charge in [0.05, 0.1) is 18.5 Å². The fourth-order valence-corrected chi connectivity index (χ4v) is 2.65. The summed E-state index contributed by atoms with van der Waals surface area (Å²) in [6.45, 7) is 2.68. The quantitative estimate of drug-likeness (QED) is 0.879. The summed E-state index contributed by atoms with van der Waals surface area (Å²) < 4.78 is 28.3. The third-order valence-corrected chi connectivity index (χ3v) is 4.84. The molecule has 0 saturated carbocycles. The molecule has 0 amide bonds. The first kappa shape index (κ1) is 13.4. The predicted octanol–water partition coefficient (Wildman–Crippen LogP) is 1.47. The lowest BCUT2D eigenvalue weighted by Gasteiger charge is -2.26. The van der Waals surface area contributed by atoms with Gasteiger partial charge in [0.1, 0.15) is 0 Å². The van der Waals surface area contributed by atoms with E-state index < -0.39 is 9.84 Å². The second-order valence-electron chi connectivity index (χ2n) is 4.47. The number of fused-ring (bicyclic) bond motifs is 1. The van der Waals surface area contributed by atoms with Gasteiger partial charge in [0.25, 0.3) is 0 Å². The number of nitrogens with one attached hydrogen (secondary N) is 1. The van der Waals surface area contributed by atoms with Crippen molar-refractivity contribution in [3.05, 3.63) is 29.8 Å². The summed E-state index contributed by atoms with van der Waals surface area (Å²) in [6.07, 6.45) is 0.905. The third kappa shape index (κ3) is 3.46. The van der Waals surface area contributed by atoms with Gasteiger partial charge in [0.2, 0.25) is 0 Å². The van der Waals surface area contributed by atoms with E-state index in [0.29, 0.717) is 0 Å². The first-order valence-electron chi connectivity index (χ1n) is 6.24. The molecule has 0 bridgehead atoms. The second-order valence-corrected chi connectivity index (χ2v) is 6.94. The maximum absolute atomic E-state index is 11.3. The first-order chi connectivity index (χ1) is 8.61. The van der Waals surface area contributed by atoms with E-state index in [2.05, 4.69) is 11.4 Å². The molecule has 0 saturated heterocycles. The number of para-hydroxylation sites is 1. The van der Waals surface area contributed by atoms with Gasteiger partial charge >= 0.3 is 0 Å². The van der Waals surface area contributed by atoms with Crippen molar-refractivity contribution in [2.24, 2.45) is 0 Å². The van der Waals surface area contributed by atoms with Crippen molar-refractivity contribution >= 4 is 15.5 Å². The Bertz CT molecular complexity index is 499. The summed E-state index contributed by atoms with van der Waals surface area (Å²) >= 11 is 0. The van der Waals surface area contributed by atoms with Gasteiger partial charge in [-0.2, -0.15) is 0 Å². The topological polar surface area (TPSA) is 55.4 Å². The Morgan fingerprint density at radius 2 is 2.17 bits per heavy atom. The van der Waals surface area contributed by atoms with Gasteiger partial charge in [-0.05, 0) is 11.6 Å². The van der Waals surface area contributed by atoms with E-state index in [1.165, 1.54) is 5.56 Å². The molecule has 1 aromatic carbocycles. The largest absolute Gasteiger partial charge is 0.382 e. The summed E-state index contributed by atoms with van der Waals surface area (Å²) in [5.74, 6) is 0.295. The lowest BCUT2D eigenvalue weighted by Crippen LogP contribution is -2.32. The van der Waals surface area contributed by atoms with Crippen LogP contribution in [0.25, 0.3) is 0 Å². The van der Waals surface area contributed by atoms with E-state index in [4.69, 9.17) is 4.74 Å². The fraction of sp³-hybridized carbons (Fsp3) is 0.538. The SMILES string of the molecule is CCS(=O)(=O)CCOC1CNc2ccccc2C1. The standard InChI is InChI=1S/C13H19NO3S/c1-2-18(15,16)8-7-17-12-9-11-5-3-4-6-13(11)14-10-12/h3-6,12,14H,2,7-10H2,1H3. The van der Waals surface area contributed by atoms with Crippen molar-refractivity contribution < 1.29 is 13.2 Å². The van der Waals surface area contributed by atoms with Crippen molar-refractivity contribution in [2.75, 3.05) is 30.0 Å². The monoisotopic (exact) mass is 269 g/mol. The highest BCUT2D eigenvalue weighted by atomic mass is 32.2. The van der Waals surface area contributed by atoms with Crippen LogP contribution in [0.4, 0.5) is 5.69 Å². The van der Waals surface area contributed by atoms with Gasteiger partial charge < -0.3 is 10.1 Å². The van der Waals surface area contributed by atoms with Crippen LogP contribution >= 0.6 is 0 Å². The molecule has 1 atom stereocenters. The number of anilines is 1. The molecule has 5 heteroatoms. The zero-order valence-electron chi connectivity index (χ0n) is 10.6. The van der Waals surface area contributed by atoms with Crippen molar-refractivity contribution in [3.8, 4) is 0 Å².